The fraction of sp³-hybridized carbons (Fsp3) is 0.300. The first-order valence-electron chi connectivity index (χ1n) is 5.03. The number of nitrogens with one attached hydrogen (secondary N) is 1. The second-order valence-corrected chi connectivity index (χ2v) is 3.86. The van der Waals surface area contributed by atoms with Crippen LogP contribution in [-0.2, 0) is 11.8 Å². The molecule has 17 heavy (non-hydrogen) atoms. The third-order valence-corrected chi connectivity index (χ3v) is 2.68. The Morgan fingerprint density at radius 3 is 2.94 bits per heavy atom. The Hall–Kier alpha value is -1.89. The van der Waals surface area contributed by atoms with Gasteiger partial charge in [-0.15, -0.1) is 0 Å². The lowest BCUT2D eigenvalue weighted by atomic mass is 10.4. The van der Waals surface area contributed by atoms with Gasteiger partial charge in [0.15, 0.2) is 0 Å². The zero-order valence-corrected chi connectivity index (χ0v) is 10.2. The Morgan fingerprint density at radius 2 is 2.29 bits per heavy atom. The first-order chi connectivity index (χ1) is 8.06. The van der Waals surface area contributed by atoms with Gasteiger partial charge in [-0.3, -0.25) is 4.98 Å². The van der Waals surface area contributed by atoms with Gasteiger partial charge in [0.05, 0.1) is 12.1 Å². The minimum absolute atomic E-state index is 0.204. The fourth-order valence-electron chi connectivity index (χ4n) is 1.66. The summed E-state index contributed by atoms with van der Waals surface area (Å²) in [5.41, 5.74) is 0.472. The Labute approximate surface area is 101 Å². The van der Waals surface area contributed by atoms with E-state index in [1.54, 1.807) is 30.8 Å². The number of hydrogen-bond donors (Lipinski definition) is 1. The molecule has 0 saturated carbocycles. The number of nitrogens with zero attached hydrogens (tertiary/aromatic N) is 2. The Morgan fingerprint density at radius 1 is 1.59 bits per heavy atom. The lowest BCUT2D eigenvalue weighted by Crippen LogP contribution is -2.30. The van der Waals surface area contributed by atoms with Crippen LogP contribution in [0.15, 0.2) is 17.1 Å². The van der Waals surface area contributed by atoms with E-state index in [0.29, 0.717) is 15.7 Å². The molecule has 0 radical (unpaired) electrons. The molecule has 7 heteroatoms. The highest BCUT2D eigenvalue weighted by Gasteiger charge is 2.15. The molecule has 0 aliphatic carbocycles. The van der Waals surface area contributed by atoms with Gasteiger partial charge in [0.1, 0.15) is 10.2 Å². The van der Waals surface area contributed by atoms with E-state index in [2.05, 4.69) is 4.98 Å². The number of hydrogen-bond acceptors (Lipinski definition) is 4. The standard InChI is InChI=1S/C10H11N3O3S/c1-3-16-10(15)13-6-4-5-12(2)7(6)8(17)11-9(13)14/h4-5H,3H2,1-2H3,(H,11,14,17). The number of aromatic nitrogens is 3. The third kappa shape index (κ3) is 1.78. The van der Waals surface area contributed by atoms with E-state index in [1.807, 2.05) is 0 Å². The molecule has 1 N–H and O–H groups in total. The molecule has 0 amide bonds. The summed E-state index contributed by atoms with van der Waals surface area (Å²) < 4.78 is 7.81. The van der Waals surface area contributed by atoms with Crippen LogP contribution in [0.4, 0.5) is 4.79 Å². The van der Waals surface area contributed by atoms with Crippen molar-refractivity contribution in [1.82, 2.24) is 14.1 Å². The normalized spacial score (nSPS) is 10.7. The Bertz CT molecular complexity index is 695. The van der Waals surface area contributed by atoms with Gasteiger partial charge in [-0.25, -0.2) is 9.59 Å². The molecular weight excluding hydrogens is 242 g/mol. The third-order valence-electron chi connectivity index (χ3n) is 2.38. The summed E-state index contributed by atoms with van der Waals surface area (Å²) >= 11 is 5.05. The van der Waals surface area contributed by atoms with Gasteiger partial charge >= 0.3 is 11.8 Å². The SMILES string of the molecule is CCOC(=O)n1c(=O)[nH]c(=S)c2c1ccn2C. The van der Waals surface area contributed by atoms with E-state index in [9.17, 15) is 9.59 Å². The monoisotopic (exact) mass is 253 g/mol. The van der Waals surface area contributed by atoms with Crippen molar-refractivity contribution >= 4 is 29.3 Å². The topological polar surface area (TPSA) is 69.0 Å². The van der Waals surface area contributed by atoms with Crippen LogP contribution in [0, 0.1) is 4.64 Å². The van der Waals surface area contributed by atoms with Crippen molar-refractivity contribution in [2.24, 2.45) is 7.05 Å². The minimum atomic E-state index is -0.708. The molecule has 90 valence electrons. The predicted molar refractivity (Wildman–Crippen MR) is 64.8 cm³/mol. The smallest absolute Gasteiger partial charge is 0.422 e. The summed E-state index contributed by atoms with van der Waals surface area (Å²) in [5, 5.41) is 0. The van der Waals surface area contributed by atoms with Crippen molar-refractivity contribution in [3.63, 3.8) is 0 Å². The number of ether oxygens (including phenoxy) is 1. The Balaban J connectivity index is 2.84. The van der Waals surface area contributed by atoms with Crippen molar-refractivity contribution in [2.45, 2.75) is 6.92 Å². The number of rotatable bonds is 1. The molecule has 2 rings (SSSR count). The zero-order valence-electron chi connectivity index (χ0n) is 9.39. The van der Waals surface area contributed by atoms with Crippen molar-refractivity contribution in [2.75, 3.05) is 6.61 Å². The second-order valence-electron chi connectivity index (χ2n) is 3.45. The van der Waals surface area contributed by atoms with E-state index in [1.165, 1.54) is 0 Å². The highest BCUT2D eigenvalue weighted by Crippen LogP contribution is 2.13. The summed E-state index contributed by atoms with van der Waals surface area (Å²) in [6.45, 7) is 1.88. The molecule has 6 nitrogen and oxygen atoms in total. The van der Waals surface area contributed by atoms with Gasteiger partial charge in [-0.05, 0) is 13.0 Å². The maximum absolute atomic E-state index is 11.7. The number of fused-ring (bicyclic) bond motifs is 1. The summed E-state index contributed by atoms with van der Waals surface area (Å²) in [6, 6.07) is 1.65. The van der Waals surface area contributed by atoms with Gasteiger partial charge in [0.2, 0.25) is 0 Å². The molecule has 0 aliphatic rings. The average Bonchev–Trinajstić information content (AvgIpc) is 2.61. The number of carbonyl (C=O) groups is 1. The van der Waals surface area contributed by atoms with Crippen molar-refractivity contribution in [3.8, 4) is 0 Å². The molecule has 0 aliphatic heterocycles. The van der Waals surface area contributed by atoms with Crippen molar-refractivity contribution < 1.29 is 9.53 Å². The molecular formula is C10H11N3O3S. The largest absolute Gasteiger partial charge is 0.449 e. The average molecular weight is 253 g/mol. The van der Waals surface area contributed by atoms with Crippen LogP contribution in [0.5, 0.6) is 0 Å². The number of aryl methyl sites for hydroxylation is 1. The van der Waals surface area contributed by atoms with Gasteiger partial charge in [0.25, 0.3) is 0 Å². The van der Waals surface area contributed by atoms with Crippen LogP contribution in [0.2, 0.25) is 0 Å². The van der Waals surface area contributed by atoms with Gasteiger partial charge in [0, 0.05) is 13.2 Å². The summed E-state index contributed by atoms with van der Waals surface area (Å²) in [4.78, 5) is 25.8. The number of carbonyl (C=O) groups excluding carboxylic acids is 1. The molecule has 2 aromatic heterocycles. The van der Waals surface area contributed by atoms with E-state index in [4.69, 9.17) is 17.0 Å². The maximum atomic E-state index is 11.7. The van der Waals surface area contributed by atoms with E-state index < -0.39 is 11.8 Å². The molecule has 0 saturated heterocycles. The zero-order chi connectivity index (χ0) is 12.6. The summed E-state index contributed by atoms with van der Waals surface area (Å²) in [5.74, 6) is 0. The minimum Gasteiger partial charge on any atom is -0.449 e. The number of aromatic amines is 1. The van der Waals surface area contributed by atoms with E-state index in [-0.39, 0.29) is 6.61 Å². The lowest BCUT2D eigenvalue weighted by molar-refractivity contribution is 0.154. The van der Waals surface area contributed by atoms with Gasteiger partial charge < -0.3 is 9.30 Å². The first kappa shape index (κ1) is 11.6. The van der Waals surface area contributed by atoms with Crippen LogP contribution >= 0.6 is 12.2 Å². The van der Waals surface area contributed by atoms with Crippen LogP contribution in [0.1, 0.15) is 6.92 Å². The first-order valence-corrected chi connectivity index (χ1v) is 5.44. The molecule has 0 atom stereocenters. The van der Waals surface area contributed by atoms with Gasteiger partial charge in [-0.1, -0.05) is 12.2 Å². The maximum Gasteiger partial charge on any atom is 0.422 e. The fourth-order valence-corrected chi connectivity index (χ4v) is 2.00. The van der Waals surface area contributed by atoms with Gasteiger partial charge in [-0.2, -0.15) is 4.57 Å². The van der Waals surface area contributed by atoms with Crippen LogP contribution in [-0.4, -0.2) is 26.8 Å². The van der Waals surface area contributed by atoms with E-state index >= 15 is 0 Å². The molecule has 2 aromatic rings. The molecule has 0 spiro atoms. The van der Waals surface area contributed by atoms with E-state index in [0.717, 1.165) is 4.57 Å². The van der Waals surface area contributed by atoms with Crippen molar-refractivity contribution in [3.05, 3.63) is 27.4 Å². The number of H-pyrrole nitrogens is 1. The highest BCUT2D eigenvalue weighted by atomic mass is 32.1. The van der Waals surface area contributed by atoms with Crippen LogP contribution < -0.4 is 5.69 Å². The second kappa shape index (κ2) is 4.17. The summed E-state index contributed by atoms with van der Waals surface area (Å²) in [6.07, 6.45) is 1.02. The Kier molecular flexibility index (Phi) is 2.84. The lowest BCUT2D eigenvalue weighted by Gasteiger charge is -2.06. The van der Waals surface area contributed by atoms with Crippen molar-refractivity contribution in [1.29, 1.82) is 0 Å². The molecule has 0 bridgehead atoms. The molecule has 0 fully saturated rings. The molecule has 0 aromatic carbocycles. The predicted octanol–water partition coefficient (Wildman–Crippen LogP) is 1.40. The molecule has 0 unspecified atom stereocenters. The highest BCUT2D eigenvalue weighted by molar-refractivity contribution is 7.71. The van der Waals surface area contributed by atoms with Crippen LogP contribution in [0.3, 0.4) is 0 Å². The molecule has 2 heterocycles. The summed E-state index contributed by atoms with van der Waals surface area (Å²) in [7, 11) is 1.78. The van der Waals surface area contributed by atoms with Crippen LogP contribution in [0.25, 0.3) is 11.0 Å². The quantitative estimate of drug-likeness (QED) is 0.780.